The molecule has 0 aromatic heterocycles. The quantitative estimate of drug-likeness (QED) is 0.569. The zero-order valence-electron chi connectivity index (χ0n) is 17.0. The lowest BCUT2D eigenvalue weighted by atomic mass is 10.1. The molecule has 1 saturated heterocycles. The van der Waals surface area contributed by atoms with Crippen LogP contribution in [-0.2, 0) is 6.54 Å². The molecule has 1 heterocycles. The average Bonchev–Trinajstić information content (AvgIpc) is 2.77. The van der Waals surface area contributed by atoms with Gasteiger partial charge in [0.15, 0.2) is 0 Å². The summed E-state index contributed by atoms with van der Waals surface area (Å²) in [7, 11) is 0. The van der Waals surface area contributed by atoms with Crippen LogP contribution in [0.15, 0.2) is 60.7 Å². The van der Waals surface area contributed by atoms with Gasteiger partial charge >= 0.3 is 6.03 Å². The highest BCUT2D eigenvalue weighted by Crippen LogP contribution is 2.11. The summed E-state index contributed by atoms with van der Waals surface area (Å²) in [4.78, 5) is 17.1. The summed E-state index contributed by atoms with van der Waals surface area (Å²) in [5.41, 5.74) is 2.27. The number of benzene rings is 2. The van der Waals surface area contributed by atoms with Gasteiger partial charge in [-0.1, -0.05) is 60.7 Å². The molecule has 0 aliphatic carbocycles. The molecule has 1 unspecified atom stereocenters. The lowest BCUT2D eigenvalue weighted by Gasteiger charge is -2.34. The van der Waals surface area contributed by atoms with Crippen molar-refractivity contribution in [2.75, 3.05) is 45.9 Å². The van der Waals surface area contributed by atoms with Gasteiger partial charge in [0.1, 0.15) is 0 Å². The maximum atomic E-state index is 12.1. The molecule has 0 saturated carbocycles. The minimum Gasteiger partial charge on any atom is -0.394 e. The number of rotatable bonds is 9. The Balaban J connectivity index is 1.28. The number of nitrogens with one attached hydrogen (secondary N) is 2. The number of carbonyl (C=O) groups excluding carboxylic acids is 1. The van der Waals surface area contributed by atoms with Gasteiger partial charge in [-0.05, 0) is 24.1 Å². The van der Waals surface area contributed by atoms with Crippen LogP contribution in [0.5, 0.6) is 0 Å². The summed E-state index contributed by atoms with van der Waals surface area (Å²) in [5, 5.41) is 15.3. The second-order valence-electron chi connectivity index (χ2n) is 7.50. The van der Waals surface area contributed by atoms with Crippen molar-refractivity contribution in [3.05, 3.63) is 71.8 Å². The van der Waals surface area contributed by atoms with Gasteiger partial charge in [-0.15, -0.1) is 0 Å². The third-order valence-corrected chi connectivity index (χ3v) is 5.34. The number of carbonyl (C=O) groups is 1. The van der Waals surface area contributed by atoms with E-state index in [0.29, 0.717) is 6.54 Å². The Morgan fingerprint density at radius 2 is 1.55 bits per heavy atom. The minimum absolute atomic E-state index is 0.120. The summed E-state index contributed by atoms with van der Waals surface area (Å²) in [6.07, 6.45) is 0.918. The van der Waals surface area contributed by atoms with E-state index < -0.39 is 0 Å². The van der Waals surface area contributed by atoms with Gasteiger partial charge in [0, 0.05) is 39.3 Å². The fraction of sp³-hybridized carbons (Fsp3) is 0.435. The van der Waals surface area contributed by atoms with Crippen LogP contribution in [0.3, 0.4) is 0 Å². The number of nitrogens with zero attached hydrogens (tertiary/aromatic N) is 2. The van der Waals surface area contributed by atoms with E-state index in [0.717, 1.165) is 51.3 Å². The van der Waals surface area contributed by atoms with E-state index in [1.165, 1.54) is 5.56 Å². The van der Waals surface area contributed by atoms with Crippen molar-refractivity contribution < 1.29 is 9.90 Å². The molecule has 29 heavy (non-hydrogen) atoms. The molecule has 6 nitrogen and oxygen atoms in total. The largest absolute Gasteiger partial charge is 0.394 e. The molecular weight excluding hydrogens is 364 g/mol. The number of hydrogen-bond acceptors (Lipinski definition) is 4. The SMILES string of the molecule is O=C(NCCCN1CCN(Cc2ccccc2)CC1)NC(CO)c1ccccc1. The predicted molar refractivity (Wildman–Crippen MR) is 116 cm³/mol. The molecule has 1 aliphatic heterocycles. The molecule has 0 spiro atoms. The highest BCUT2D eigenvalue weighted by molar-refractivity contribution is 5.74. The Labute approximate surface area is 173 Å². The summed E-state index contributed by atoms with van der Waals surface area (Å²) >= 11 is 0. The maximum Gasteiger partial charge on any atom is 0.315 e. The molecule has 2 aromatic carbocycles. The molecule has 0 radical (unpaired) electrons. The van der Waals surface area contributed by atoms with Gasteiger partial charge in [-0.25, -0.2) is 4.79 Å². The highest BCUT2D eigenvalue weighted by Gasteiger charge is 2.17. The van der Waals surface area contributed by atoms with E-state index in [9.17, 15) is 9.90 Å². The summed E-state index contributed by atoms with van der Waals surface area (Å²) in [5.74, 6) is 0. The van der Waals surface area contributed by atoms with E-state index in [-0.39, 0.29) is 18.7 Å². The van der Waals surface area contributed by atoms with Crippen molar-refractivity contribution in [1.82, 2.24) is 20.4 Å². The second-order valence-corrected chi connectivity index (χ2v) is 7.50. The van der Waals surface area contributed by atoms with Crippen molar-refractivity contribution in [3.8, 4) is 0 Å². The Hall–Kier alpha value is -2.41. The van der Waals surface area contributed by atoms with Gasteiger partial charge < -0.3 is 20.6 Å². The zero-order chi connectivity index (χ0) is 20.3. The summed E-state index contributed by atoms with van der Waals surface area (Å²) < 4.78 is 0. The fourth-order valence-electron chi connectivity index (χ4n) is 3.65. The Morgan fingerprint density at radius 3 is 2.21 bits per heavy atom. The first kappa shape index (κ1) is 21.3. The Bertz CT molecular complexity index is 718. The van der Waals surface area contributed by atoms with E-state index in [1.807, 2.05) is 30.3 Å². The third-order valence-electron chi connectivity index (χ3n) is 5.34. The van der Waals surface area contributed by atoms with Crippen molar-refractivity contribution in [2.45, 2.75) is 19.0 Å². The van der Waals surface area contributed by atoms with Crippen LogP contribution < -0.4 is 10.6 Å². The first-order valence-electron chi connectivity index (χ1n) is 10.4. The molecule has 1 aliphatic rings. The smallest absolute Gasteiger partial charge is 0.315 e. The first-order valence-corrected chi connectivity index (χ1v) is 10.4. The van der Waals surface area contributed by atoms with Crippen molar-refractivity contribution in [3.63, 3.8) is 0 Å². The molecule has 6 heteroatoms. The topological polar surface area (TPSA) is 67.8 Å². The molecule has 2 amide bonds. The van der Waals surface area contributed by atoms with E-state index in [1.54, 1.807) is 0 Å². The Morgan fingerprint density at radius 1 is 0.931 bits per heavy atom. The van der Waals surface area contributed by atoms with Gasteiger partial charge in [-0.3, -0.25) is 4.90 Å². The van der Waals surface area contributed by atoms with Crippen molar-refractivity contribution in [1.29, 1.82) is 0 Å². The molecule has 3 N–H and O–H groups in total. The predicted octanol–water partition coefficient (Wildman–Crippen LogP) is 2.23. The van der Waals surface area contributed by atoms with E-state index in [2.05, 4.69) is 50.8 Å². The maximum absolute atomic E-state index is 12.1. The van der Waals surface area contributed by atoms with Crippen LogP contribution in [0.2, 0.25) is 0 Å². The molecule has 0 bridgehead atoms. The molecule has 2 aromatic rings. The number of amides is 2. The standard InChI is InChI=1S/C23H32N4O2/c28-19-22(21-10-5-2-6-11-21)25-23(29)24-12-7-13-26-14-16-27(17-15-26)18-20-8-3-1-4-9-20/h1-6,8-11,22,28H,7,12-19H2,(H2,24,25,29). The number of piperazine rings is 1. The Kier molecular flexibility index (Phi) is 8.49. The van der Waals surface area contributed by atoms with Crippen LogP contribution in [0.4, 0.5) is 4.79 Å². The van der Waals surface area contributed by atoms with Crippen LogP contribution in [0, 0.1) is 0 Å². The van der Waals surface area contributed by atoms with Crippen LogP contribution >= 0.6 is 0 Å². The van der Waals surface area contributed by atoms with Gasteiger partial charge in [0.2, 0.25) is 0 Å². The van der Waals surface area contributed by atoms with Gasteiger partial charge in [-0.2, -0.15) is 0 Å². The second kappa shape index (κ2) is 11.6. The first-order chi connectivity index (χ1) is 14.2. The van der Waals surface area contributed by atoms with Gasteiger partial charge in [0.25, 0.3) is 0 Å². The number of urea groups is 1. The van der Waals surface area contributed by atoms with Crippen molar-refractivity contribution in [2.24, 2.45) is 0 Å². The van der Waals surface area contributed by atoms with E-state index in [4.69, 9.17) is 0 Å². The molecule has 3 rings (SSSR count). The third kappa shape index (κ3) is 7.16. The average molecular weight is 397 g/mol. The molecular formula is C23H32N4O2. The lowest BCUT2D eigenvalue weighted by Crippen LogP contribution is -2.46. The zero-order valence-corrected chi connectivity index (χ0v) is 17.0. The summed E-state index contributed by atoms with van der Waals surface area (Å²) in [6.45, 7) is 6.81. The van der Waals surface area contributed by atoms with Crippen LogP contribution in [-0.4, -0.2) is 66.8 Å². The number of aliphatic hydroxyl groups excluding tert-OH is 1. The number of aliphatic hydroxyl groups is 1. The fourth-order valence-corrected chi connectivity index (χ4v) is 3.65. The monoisotopic (exact) mass is 396 g/mol. The van der Waals surface area contributed by atoms with Gasteiger partial charge in [0.05, 0.1) is 12.6 Å². The van der Waals surface area contributed by atoms with Crippen molar-refractivity contribution >= 4 is 6.03 Å². The van der Waals surface area contributed by atoms with Crippen LogP contribution in [0.25, 0.3) is 0 Å². The van der Waals surface area contributed by atoms with E-state index >= 15 is 0 Å². The highest BCUT2D eigenvalue weighted by atomic mass is 16.3. The normalized spacial score (nSPS) is 16.3. The number of hydrogen-bond donors (Lipinski definition) is 3. The summed E-state index contributed by atoms with van der Waals surface area (Å²) in [6, 6.07) is 19.5. The minimum atomic E-state index is -0.381. The van der Waals surface area contributed by atoms with Crippen LogP contribution in [0.1, 0.15) is 23.6 Å². The molecule has 1 fully saturated rings. The molecule has 156 valence electrons. The molecule has 1 atom stereocenters. The lowest BCUT2D eigenvalue weighted by molar-refractivity contribution is 0.126.